The van der Waals surface area contributed by atoms with E-state index in [4.69, 9.17) is 5.26 Å². The number of aromatic nitrogens is 1. The zero-order chi connectivity index (χ0) is 16.3. The number of benzene rings is 1. The summed E-state index contributed by atoms with van der Waals surface area (Å²) in [6, 6.07) is 15.1. The minimum atomic E-state index is -0.160. The van der Waals surface area contributed by atoms with Crippen LogP contribution in [0.2, 0.25) is 0 Å². The highest BCUT2D eigenvalue weighted by atomic mass is 14.7. The molecule has 22 heavy (non-hydrogen) atoms. The zero-order valence-electron chi connectivity index (χ0n) is 14.1. The molecule has 0 saturated carbocycles. The van der Waals surface area contributed by atoms with E-state index in [1.165, 1.54) is 16.7 Å². The van der Waals surface area contributed by atoms with Crippen molar-refractivity contribution in [2.24, 2.45) is 0 Å². The molecule has 0 saturated heterocycles. The van der Waals surface area contributed by atoms with Gasteiger partial charge in [0, 0.05) is 6.20 Å². The summed E-state index contributed by atoms with van der Waals surface area (Å²) in [7, 11) is 0. The predicted molar refractivity (Wildman–Crippen MR) is 90.9 cm³/mol. The first-order chi connectivity index (χ1) is 10.4. The van der Waals surface area contributed by atoms with Crippen LogP contribution in [0.5, 0.6) is 0 Å². The van der Waals surface area contributed by atoms with Crippen LogP contribution in [0, 0.1) is 18.3 Å². The lowest BCUT2D eigenvalue weighted by Gasteiger charge is -2.33. The van der Waals surface area contributed by atoms with Gasteiger partial charge in [0.2, 0.25) is 0 Å². The van der Waals surface area contributed by atoms with E-state index in [-0.39, 0.29) is 11.3 Å². The molecule has 0 aliphatic heterocycles. The molecule has 1 aromatic carbocycles. The van der Waals surface area contributed by atoms with Crippen molar-refractivity contribution in [2.45, 2.75) is 51.9 Å². The van der Waals surface area contributed by atoms with E-state index < -0.39 is 0 Å². The summed E-state index contributed by atoms with van der Waals surface area (Å²) in [5.41, 5.74) is 4.64. The second-order valence-corrected chi connectivity index (χ2v) is 6.68. The molecule has 2 rings (SSSR count). The maximum absolute atomic E-state index is 8.99. The van der Waals surface area contributed by atoms with Crippen molar-refractivity contribution >= 4 is 0 Å². The lowest BCUT2D eigenvalue weighted by Crippen LogP contribution is -2.25. The molecule has 2 aromatic rings. The molecule has 1 aromatic heterocycles. The topological polar surface area (TPSA) is 36.7 Å². The highest BCUT2D eigenvalue weighted by Gasteiger charge is 2.29. The van der Waals surface area contributed by atoms with Gasteiger partial charge in [-0.1, -0.05) is 56.7 Å². The lowest BCUT2D eigenvalue weighted by atomic mass is 9.71. The molecule has 0 radical (unpaired) electrons. The number of pyridine rings is 1. The Kier molecular flexibility index (Phi) is 4.66. The Morgan fingerprint density at radius 1 is 1.05 bits per heavy atom. The fourth-order valence-corrected chi connectivity index (χ4v) is 2.63. The third-order valence-corrected chi connectivity index (χ3v) is 4.83. The normalized spacial score (nSPS) is 14.2. The van der Waals surface area contributed by atoms with Crippen LogP contribution < -0.4 is 0 Å². The van der Waals surface area contributed by atoms with Gasteiger partial charge in [0.1, 0.15) is 0 Å². The fraction of sp³-hybridized carbons (Fsp3) is 0.400. The SMILES string of the molecule is Cc1ccc(C(C)C(C)(C)c2ccc(C(C)C#N)nc2)cc1. The van der Waals surface area contributed by atoms with Crippen LogP contribution in [0.15, 0.2) is 42.6 Å². The Hall–Kier alpha value is -2.14. The standard InChI is InChI=1S/C20H24N2/c1-14-6-8-17(9-7-14)16(3)20(4,5)18-10-11-19(22-13-18)15(2)12-21/h6-11,13,15-16H,1-5H3. The molecule has 1 heterocycles. The highest BCUT2D eigenvalue weighted by molar-refractivity contribution is 5.33. The summed E-state index contributed by atoms with van der Waals surface area (Å²) in [5.74, 6) is 0.223. The minimum Gasteiger partial charge on any atom is -0.260 e. The molecule has 0 N–H and O–H groups in total. The molecule has 2 atom stereocenters. The average molecular weight is 292 g/mol. The predicted octanol–water partition coefficient (Wildman–Crippen LogP) is 5.10. The number of rotatable bonds is 4. The van der Waals surface area contributed by atoms with Crippen LogP contribution in [0.25, 0.3) is 0 Å². The van der Waals surface area contributed by atoms with E-state index in [0.717, 1.165) is 5.69 Å². The monoisotopic (exact) mass is 292 g/mol. The smallest absolute Gasteiger partial charge is 0.0856 e. The van der Waals surface area contributed by atoms with Gasteiger partial charge in [-0.25, -0.2) is 0 Å². The Balaban J connectivity index is 2.29. The van der Waals surface area contributed by atoms with Crippen molar-refractivity contribution in [2.75, 3.05) is 0 Å². The maximum Gasteiger partial charge on any atom is 0.0856 e. The van der Waals surface area contributed by atoms with Gasteiger partial charge in [-0.2, -0.15) is 5.26 Å². The number of hydrogen-bond donors (Lipinski definition) is 0. The Morgan fingerprint density at radius 2 is 1.68 bits per heavy atom. The first kappa shape index (κ1) is 16.2. The lowest BCUT2D eigenvalue weighted by molar-refractivity contribution is 0.435. The largest absolute Gasteiger partial charge is 0.260 e. The molecule has 2 heteroatoms. The number of nitrogens with zero attached hydrogens (tertiary/aromatic N) is 2. The number of nitriles is 1. The van der Waals surface area contributed by atoms with E-state index in [1.807, 2.05) is 19.2 Å². The second kappa shape index (κ2) is 6.32. The highest BCUT2D eigenvalue weighted by Crippen LogP contribution is 2.38. The first-order valence-electron chi connectivity index (χ1n) is 7.79. The summed E-state index contributed by atoms with van der Waals surface area (Å²) in [5, 5.41) is 8.99. The molecule has 0 spiro atoms. The molecular formula is C20H24N2. The van der Waals surface area contributed by atoms with Crippen LogP contribution in [0.1, 0.15) is 61.9 Å². The van der Waals surface area contributed by atoms with Crippen molar-refractivity contribution < 1.29 is 0 Å². The summed E-state index contributed by atoms with van der Waals surface area (Å²) in [6.07, 6.45) is 1.92. The van der Waals surface area contributed by atoms with Crippen molar-refractivity contribution in [3.05, 3.63) is 65.0 Å². The van der Waals surface area contributed by atoms with Gasteiger partial charge in [0.05, 0.1) is 17.7 Å². The van der Waals surface area contributed by atoms with Gasteiger partial charge in [-0.05, 0) is 42.4 Å². The van der Waals surface area contributed by atoms with Crippen molar-refractivity contribution in [1.82, 2.24) is 4.98 Å². The molecule has 114 valence electrons. The second-order valence-electron chi connectivity index (χ2n) is 6.68. The molecule has 2 nitrogen and oxygen atoms in total. The van der Waals surface area contributed by atoms with Gasteiger partial charge in [0.25, 0.3) is 0 Å². The van der Waals surface area contributed by atoms with Crippen molar-refractivity contribution in [3.63, 3.8) is 0 Å². The fourth-order valence-electron chi connectivity index (χ4n) is 2.63. The summed E-state index contributed by atoms with van der Waals surface area (Å²) < 4.78 is 0. The zero-order valence-corrected chi connectivity index (χ0v) is 14.1. The molecular weight excluding hydrogens is 268 g/mol. The maximum atomic E-state index is 8.99. The molecule has 0 fully saturated rings. The number of aryl methyl sites for hydroxylation is 1. The van der Waals surface area contributed by atoms with E-state index in [1.54, 1.807) is 0 Å². The molecule has 0 aliphatic carbocycles. The molecule has 0 amide bonds. The van der Waals surface area contributed by atoms with Gasteiger partial charge < -0.3 is 0 Å². The minimum absolute atomic E-state index is 0.0172. The van der Waals surface area contributed by atoms with Gasteiger partial charge in [0.15, 0.2) is 0 Å². The van der Waals surface area contributed by atoms with E-state index >= 15 is 0 Å². The van der Waals surface area contributed by atoms with E-state index in [0.29, 0.717) is 5.92 Å². The Bertz CT molecular complexity index is 660. The van der Waals surface area contributed by atoms with Gasteiger partial charge >= 0.3 is 0 Å². The van der Waals surface area contributed by atoms with Gasteiger partial charge in [-0.15, -0.1) is 0 Å². The van der Waals surface area contributed by atoms with Crippen molar-refractivity contribution in [3.8, 4) is 6.07 Å². The van der Waals surface area contributed by atoms with Crippen LogP contribution >= 0.6 is 0 Å². The Labute approximate surface area is 133 Å². The van der Waals surface area contributed by atoms with Gasteiger partial charge in [-0.3, -0.25) is 4.98 Å². The summed E-state index contributed by atoms with van der Waals surface area (Å²) in [4.78, 5) is 4.48. The van der Waals surface area contributed by atoms with Crippen LogP contribution in [-0.4, -0.2) is 4.98 Å². The summed E-state index contributed by atoms with van der Waals surface area (Å²) in [6.45, 7) is 10.8. The van der Waals surface area contributed by atoms with Crippen LogP contribution in [0.3, 0.4) is 0 Å². The van der Waals surface area contributed by atoms with E-state index in [2.05, 4.69) is 69.1 Å². The average Bonchev–Trinajstić information content (AvgIpc) is 2.54. The number of hydrogen-bond acceptors (Lipinski definition) is 2. The third kappa shape index (κ3) is 3.20. The third-order valence-electron chi connectivity index (χ3n) is 4.83. The molecule has 0 aliphatic rings. The van der Waals surface area contributed by atoms with Crippen LogP contribution in [0.4, 0.5) is 0 Å². The quantitative estimate of drug-likeness (QED) is 0.786. The summed E-state index contributed by atoms with van der Waals surface area (Å²) >= 11 is 0. The van der Waals surface area contributed by atoms with E-state index in [9.17, 15) is 0 Å². The van der Waals surface area contributed by atoms with Crippen LogP contribution in [-0.2, 0) is 5.41 Å². The first-order valence-corrected chi connectivity index (χ1v) is 7.79. The molecule has 0 bridgehead atoms. The Morgan fingerprint density at radius 3 is 2.18 bits per heavy atom. The molecule has 2 unspecified atom stereocenters. The van der Waals surface area contributed by atoms with Crippen molar-refractivity contribution in [1.29, 1.82) is 5.26 Å².